The number of carbonyl (C=O) groups excluding carboxylic acids is 2. The van der Waals surface area contributed by atoms with Gasteiger partial charge in [0.15, 0.2) is 0 Å². The van der Waals surface area contributed by atoms with Crippen LogP contribution in [-0.2, 0) is 21.4 Å². The molecule has 2 atom stereocenters. The summed E-state index contributed by atoms with van der Waals surface area (Å²) in [5, 5.41) is 2.01. The summed E-state index contributed by atoms with van der Waals surface area (Å²) in [4.78, 5) is 29.1. The van der Waals surface area contributed by atoms with Crippen LogP contribution in [0.25, 0.3) is 0 Å². The molecule has 0 radical (unpaired) electrons. The van der Waals surface area contributed by atoms with E-state index in [9.17, 15) is 9.59 Å². The van der Waals surface area contributed by atoms with Crippen LogP contribution in [0.15, 0.2) is 78.2 Å². The van der Waals surface area contributed by atoms with E-state index in [4.69, 9.17) is 0 Å². The van der Waals surface area contributed by atoms with Gasteiger partial charge in [-0.3, -0.25) is 9.59 Å². The molecule has 1 aliphatic carbocycles. The van der Waals surface area contributed by atoms with Gasteiger partial charge in [-0.25, -0.2) is 0 Å². The molecule has 0 bridgehead atoms. The number of carbonyl (C=O) groups is 2. The highest BCUT2D eigenvalue weighted by Crippen LogP contribution is 2.52. The Morgan fingerprint density at radius 1 is 0.933 bits per heavy atom. The van der Waals surface area contributed by atoms with E-state index in [1.807, 2.05) is 34.5 Å². The number of hydrogen-bond donors (Lipinski definition) is 0. The molecule has 4 heteroatoms. The van der Waals surface area contributed by atoms with Crippen LogP contribution in [0.1, 0.15) is 28.8 Å². The summed E-state index contributed by atoms with van der Waals surface area (Å²) in [7, 11) is 0. The second kappa shape index (κ2) is 7.84. The highest BCUT2D eigenvalue weighted by atomic mass is 32.1. The van der Waals surface area contributed by atoms with Crippen LogP contribution in [0.2, 0.25) is 0 Å². The zero-order chi connectivity index (χ0) is 20.6. The SMILES string of the molecule is O=C1CCC(c2ccccc2)(c2ccccc2)C2CN(C(=O)Cc3cccs3)CC12. The fraction of sp³-hybridized carbons (Fsp3) is 0.308. The molecular weight excluding hydrogens is 390 g/mol. The van der Waals surface area contributed by atoms with E-state index in [0.717, 1.165) is 11.3 Å². The fourth-order valence-corrected chi connectivity index (χ4v) is 6.25. The zero-order valence-corrected chi connectivity index (χ0v) is 17.7. The van der Waals surface area contributed by atoms with Crippen molar-refractivity contribution < 1.29 is 9.59 Å². The largest absolute Gasteiger partial charge is 0.341 e. The van der Waals surface area contributed by atoms with Crippen LogP contribution >= 0.6 is 11.3 Å². The van der Waals surface area contributed by atoms with Crippen molar-refractivity contribution in [1.29, 1.82) is 0 Å². The van der Waals surface area contributed by atoms with E-state index in [0.29, 0.717) is 31.7 Å². The molecule has 1 saturated carbocycles. The first-order valence-corrected chi connectivity index (χ1v) is 11.5. The minimum absolute atomic E-state index is 0.0913. The summed E-state index contributed by atoms with van der Waals surface area (Å²) in [6, 6.07) is 25.2. The maximum atomic E-state index is 13.1. The second-order valence-electron chi connectivity index (χ2n) is 8.44. The quantitative estimate of drug-likeness (QED) is 0.619. The summed E-state index contributed by atoms with van der Waals surface area (Å²) in [5.41, 5.74) is 2.27. The van der Waals surface area contributed by atoms with Gasteiger partial charge in [-0.05, 0) is 29.0 Å². The first-order chi connectivity index (χ1) is 14.7. The third-order valence-electron chi connectivity index (χ3n) is 6.97. The van der Waals surface area contributed by atoms with Crippen LogP contribution in [0, 0.1) is 11.8 Å². The van der Waals surface area contributed by atoms with Crippen molar-refractivity contribution in [3.63, 3.8) is 0 Å². The number of Topliss-reactive ketones (excluding diaryl/α,β-unsaturated/α-hetero) is 1. The van der Waals surface area contributed by atoms with E-state index >= 15 is 0 Å². The standard InChI is InChI=1S/C26H25NO2S/c28-24-13-14-26(19-8-3-1-4-9-19,20-10-5-2-6-11-20)23-18-27(17-22(23)24)25(29)16-21-12-7-15-30-21/h1-12,15,22-23H,13-14,16-18H2. The zero-order valence-electron chi connectivity index (χ0n) is 16.9. The monoisotopic (exact) mass is 415 g/mol. The van der Waals surface area contributed by atoms with Crippen LogP contribution < -0.4 is 0 Å². The van der Waals surface area contributed by atoms with Gasteiger partial charge in [0.05, 0.1) is 6.42 Å². The van der Waals surface area contributed by atoms with E-state index < -0.39 is 0 Å². The van der Waals surface area contributed by atoms with Crippen molar-refractivity contribution in [2.75, 3.05) is 13.1 Å². The molecule has 1 saturated heterocycles. The number of likely N-dealkylation sites (tertiary alicyclic amines) is 1. The number of thiophene rings is 1. The van der Waals surface area contributed by atoms with Crippen molar-refractivity contribution >= 4 is 23.0 Å². The van der Waals surface area contributed by atoms with Gasteiger partial charge in [-0.15, -0.1) is 11.3 Å². The molecule has 5 rings (SSSR count). The molecule has 1 aromatic heterocycles. The van der Waals surface area contributed by atoms with Crippen molar-refractivity contribution in [3.8, 4) is 0 Å². The number of amides is 1. The molecule has 2 unspecified atom stereocenters. The number of benzene rings is 2. The predicted octanol–water partition coefficient (Wildman–Crippen LogP) is 4.71. The third-order valence-corrected chi connectivity index (χ3v) is 7.84. The molecule has 2 fully saturated rings. The summed E-state index contributed by atoms with van der Waals surface area (Å²) >= 11 is 1.62. The van der Waals surface area contributed by atoms with Gasteiger partial charge in [-0.2, -0.15) is 0 Å². The first kappa shape index (κ1) is 19.3. The Balaban J connectivity index is 1.54. The minimum atomic E-state index is -0.237. The molecule has 2 aliphatic rings. The maximum absolute atomic E-state index is 13.1. The Kier molecular flexibility index (Phi) is 5.03. The van der Waals surface area contributed by atoms with Crippen LogP contribution in [0.3, 0.4) is 0 Å². The molecule has 2 aromatic carbocycles. The van der Waals surface area contributed by atoms with Crippen molar-refractivity contribution in [1.82, 2.24) is 4.90 Å². The molecule has 0 spiro atoms. The molecule has 152 valence electrons. The van der Waals surface area contributed by atoms with Gasteiger partial charge in [0, 0.05) is 41.6 Å². The Bertz CT molecular complexity index is 990. The smallest absolute Gasteiger partial charge is 0.227 e. The number of fused-ring (bicyclic) bond motifs is 1. The molecule has 1 amide bonds. The van der Waals surface area contributed by atoms with Crippen molar-refractivity contribution in [2.24, 2.45) is 11.8 Å². The van der Waals surface area contributed by atoms with Gasteiger partial charge in [-0.1, -0.05) is 66.7 Å². The summed E-state index contributed by atoms with van der Waals surface area (Å²) < 4.78 is 0. The van der Waals surface area contributed by atoms with Gasteiger partial charge in [0.2, 0.25) is 5.91 Å². The molecule has 1 aliphatic heterocycles. The average Bonchev–Trinajstić information content (AvgIpc) is 3.46. The van der Waals surface area contributed by atoms with E-state index in [-0.39, 0.29) is 23.2 Å². The lowest BCUT2D eigenvalue weighted by Crippen LogP contribution is -2.47. The van der Waals surface area contributed by atoms with E-state index in [1.165, 1.54) is 11.1 Å². The van der Waals surface area contributed by atoms with Crippen molar-refractivity contribution in [3.05, 3.63) is 94.2 Å². The molecule has 0 N–H and O–H groups in total. The molecule has 30 heavy (non-hydrogen) atoms. The predicted molar refractivity (Wildman–Crippen MR) is 119 cm³/mol. The number of rotatable bonds is 4. The van der Waals surface area contributed by atoms with Crippen LogP contribution in [0.4, 0.5) is 0 Å². The summed E-state index contributed by atoms with van der Waals surface area (Å²) in [5.74, 6) is 0.464. The van der Waals surface area contributed by atoms with Gasteiger partial charge < -0.3 is 4.90 Å². The van der Waals surface area contributed by atoms with Gasteiger partial charge >= 0.3 is 0 Å². The number of ketones is 1. The van der Waals surface area contributed by atoms with Gasteiger partial charge in [0.25, 0.3) is 0 Å². The van der Waals surface area contributed by atoms with Crippen molar-refractivity contribution in [2.45, 2.75) is 24.7 Å². The Morgan fingerprint density at radius 3 is 2.20 bits per heavy atom. The van der Waals surface area contributed by atoms with Gasteiger partial charge in [0.1, 0.15) is 5.78 Å². The molecule has 3 nitrogen and oxygen atoms in total. The first-order valence-electron chi connectivity index (χ1n) is 10.6. The summed E-state index contributed by atoms with van der Waals surface area (Å²) in [6.45, 7) is 1.19. The highest BCUT2D eigenvalue weighted by molar-refractivity contribution is 7.10. The lowest BCUT2D eigenvalue weighted by Gasteiger charge is -2.45. The summed E-state index contributed by atoms with van der Waals surface area (Å²) in [6.07, 6.45) is 1.79. The average molecular weight is 416 g/mol. The Hall–Kier alpha value is -2.72. The molecule has 2 heterocycles. The topological polar surface area (TPSA) is 37.4 Å². The molecular formula is C26H25NO2S. The number of hydrogen-bond acceptors (Lipinski definition) is 3. The lowest BCUT2D eigenvalue weighted by molar-refractivity contribution is -0.129. The normalized spacial score (nSPS) is 22.7. The highest BCUT2D eigenvalue weighted by Gasteiger charge is 2.55. The maximum Gasteiger partial charge on any atom is 0.227 e. The lowest BCUT2D eigenvalue weighted by atomic mass is 9.56. The second-order valence-corrected chi connectivity index (χ2v) is 9.47. The minimum Gasteiger partial charge on any atom is -0.341 e. The van der Waals surface area contributed by atoms with E-state index in [1.54, 1.807) is 11.3 Å². The number of nitrogens with zero attached hydrogens (tertiary/aromatic N) is 1. The Morgan fingerprint density at radius 2 is 1.60 bits per heavy atom. The fourth-order valence-electron chi connectivity index (χ4n) is 5.55. The third kappa shape index (κ3) is 3.20. The van der Waals surface area contributed by atoms with Crippen LogP contribution in [0.5, 0.6) is 0 Å². The molecule has 3 aromatic rings. The Labute approximate surface area is 181 Å². The van der Waals surface area contributed by atoms with E-state index in [2.05, 4.69) is 48.5 Å². The van der Waals surface area contributed by atoms with Crippen LogP contribution in [-0.4, -0.2) is 29.7 Å².